The molecular weight excluding hydrogens is 456 g/mol. The van der Waals surface area contributed by atoms with E-state index in [-0.39, 0.29) is 34.8 Å². The van der Waals surface area contributed by atoms with Crippen molar-refractivity contribution in [2.75, 3.05) is 16.8 Å². The lowest BCUT2D eigenvalue weighted by Gasteiger charge is -2.19. The van der Waals surface area contributed by atoms with Crippen LogP contribution in [0.1, 0.15) is 77.3 Å². The highest BCUT2D eigenvalue weighted by atomic mass is 32.2. The van der Waals surface area contributed by atoms with Crippen LogP contribution in [0.15, 0.2) is 24.3 Å². The van der Waals surface area contributed by atoms with Gasteiger partial charge in [0, 0.05) is 16.5 Å². The van der Waals surface area contributed by atoms with Crippen molar-refractivity contribution in [3.05, 3.63) is 51.4 Å². The summed E-state index contributed by atoms with van der Waals surface area (Å²) in [5.41, 5.74) is 3.18. The normalized spacial score (nSPS) is 21.9. The summed E-state index contributed by atoms with van der Waals surface area (Å²) in [6, 6.07) is 7.17. The molecule has 1 aliphatic heterocycles. The Bertz CT molecular complexity index is 1170. The van der Waals surface area contributed by atoms with E-state index in [0.29, 0.717) is 28.5 Å². The van der Waals surface area contributed by atoms with Gasteiger partial charge in [0.25, 0.3) is 11.8 Å². The Balaban J connectivity index is 1.59. The highest BCUT2D eigenvalue weighted by Crippen LogP contribution is 2.40. The van der Waals surface area contributed by atoms with Crippen LogP contribution < -0.4 is 10.6 Å². The standard InChI is InChI=1S/C25H32N2O4S2/c1-15-5-10-19-20(13-15)32-24(21(19)23(29)26-18-11-12-33(30,31)14-18)27-22(28)16-6-8-17(9-7-16)25(2,3)4/h6-9,15,18H,5,10-14H2,1-4H3,(H,26,29)(H,27,28). The number of amides is 2. The minimum Gasteiger partial charge on any atom is -0.348 e. The van der Waals surface area contributed by atoms with E-state index in [2.05, 4.69) is 38.3 Å². The molecule has 0 saturated carbocycles. The first kappa shape index (κ1) is 24.0. The van der Waals surface area contributed by atoms with Gasteiger partial charge in [0.15, 0.2) is 9.84 Å². The Morgan fingerprint density at radius 3 is 2.36 bits per heavy atom. The average molecular weight is 489 g/mol. The van der Waals surface area contributed by atoms with Gasteiger partial charge >= 0.3 is 0 Å². The Hall–Kier alpha value is -2.19. The van der Waals surface area contributed by atoms with Crippen molar-refractivity contribution in [1.82, 2.24) is 5.32 Å². The predicted molar refractivity (Wildman–Crippen MR) is 133 cm³/mol. The molecule has 8 heteroatoms. The lowest BCUT2D eigenvalue weighted by atomic mass is 9.86. The number of sulfone groups is 1. The fraction of sp³-hybridized carbons (Fsp3) is 0.520. The molecule has 2 atom stereocenters. The maximum absolute atomic E-state index is 13.3. The number of benzene rings is 1. The molecule has 2 unspecified atom stereocenters. The zero-order chi connectivity index (χ0) is 24.0. The lowest BCUT2D eigenvalue weighted by Crippen LogP contribution is -2.36. The van der Waals surface area contributed by atoms with Crippen molar-refractivity contribution in [2.45, 2.75) is 64.8 Å². The lowest BCUT2D eigenvalue weighted by molar-refractivity contribution is 0.0941. The van der Waals surface area contributed by atoms with Gasteiger partial charge in [-0.3, -0.25) is 9.59 Å². The van der Waals surface area contributed by atoms with E-state index in [4.69, 9.17) is 0 Å². The molecule has 2 aromatic rings. The Kier molecular flexibility index (Phi) is 6.44. The van der Waals surface area contributed by atoms with Crippen molar-refractivity contribution in [1.29, 1.82) is 0 Å². The molecule has 178 valence electrons. The second kappa shape index (κ2) is 8.87. The summed E-state index contributed by atoms with van der Waals surface area (Å²) >= 11 is 1.47. The molecule has 4 rings (SSSR count). The molecule has 2 aliphatic rings. The average Bonchev–Trinajstić information content (AvgIpc) is 3.25. The Labute approximate surface area is 200 Å². The van der Waals surface area contributed by atoms with Gasteiger partial charge in [-0.2, -0.15) is 0 Å². The molecule has 1 aliphatic carbocycles. The van der Waals surface area contributed by atoms with Crippen LogP contribution in [-0.4, -0.2) is 37.8 Å². The number of nitrogens with one attached hydrogen (secondary N) is 2. The van der Waals surface area contributed by atoms with E-state index < -0.39 is 9.84 Å². The number of carbonyl (C=O) groups is 2. The number of fused-ring (bicyclic) bond motifs is 1. The zero-order valence-electron chi connectivity index (χ0n) is 19.7. The van der Waals surface area contributed by atoms with Gasteiger partial charge < -0.3 is 10.6 Å². The minimum atomic E-state index is -3.10. The van der Waals surface area contributed by atoms with Gasteiger partial charge in [0.1, 0.15) is 5.00 Å². The number of thiophene rings is 1. The molecule has 0 bridgehead atoms. The van der Waals surface area contributed by atoms with E-state index >= 15 is 0 Å². The number of hydrogen-bond acceptors (Lipinski definition) is 5. The first-order valence-corrected chi connectivity index (χ1v) is 14.1. The smallest absolute Gasteiger partial charge is 0.256 e. The van der Waals surface area contributed by atoms with Crippen molar-refractivity contribution in [3.8, 4) is 0 Å². The van der Waals surface area contributed by atoms with E-state index in [1.54, 1.807) is 0 Å². The molecule has 33 heavy (non-hydrogen) atoms. The second-order valence-corrected chi connectivity index (χ2v) is 13.7. The summed E-state index contributed by atoms with van der Waals surface area (Å²) < 4.78 is 23.7. The third-order valence-electron chi connectivity index (χ3n) is 6.55. The first-order valence-electron chi connectivity index (χ1n) is 11.5. The van der Waals surface area contributed by atoms with Crippen LogP contribution in [0.25, 0.3) is 0 Å². The molecule has 1 saturated heterocycles. The third kappa shape index (κ3) is 5.32. The van der Waals surface area contributed by atoms with E-state index in [9.17, 15) is 18.0 Å². The number of rotatable bonds is 4. The predicted octanol–water partition coefficient (Wildman–Crippen LogP) is 4.34. The van der Waals surface area contributed by atoms with Gasteiger partial charge in [-0.05, 0) is 60.3 Å². The number of anilines is 1. The maximum Gasteiger partial charge on any atom is 0.256 e. The maximum atomic E-state index is 13.3. The summed E-state index contributed by atoms with van der Waals surface area (Å²) in [4.78, 5) is 27.4. The first-order chi connectivity index (χ1) is 15.4. The van der Waals surface area contributed by atoms with Crippen molar-refractivity contribution in [3.63, 3.8) is 0 Å². The molecule has 2 N–H and O–H groups in total. The molecule has 0 radical (unpaired) electrons. The Morgan fingerprint density at radius 2 is 1.76 bits per heavy atom. The van der Waals surface area contributed by atoms with Crippen molar-refractivity contribution in [2.24, 2.45) is 5.92 Å². The van der Waals surface area contributed by atoms with Gasteiger partial charge in [0.05, 0.1) is 17.1 Å². The van der Waals surface area contributed by atoms with Crippen LogP contribution in [0.5, 0.6) is 0 Å². The number of carbonyl (C=O) groups excluding carboxylic acids is 2. The highest BCUT2D eigenvalue weighted by Gasteiger charge is 2.33. The molecule has 2 heterocycles. The minimum absolute atomic E-state index is 0.00250. The fourth-order valence-electron chi connectivity index (χ4n) is 4.54. The second-order valence-electron chi connectivity index (χ2n) is 10.4. The summed E-state index contributed by atoms with van der Waals surface area (Å²) in [5, 5.41) is 6.45. The van der Waals surface area contributed by atoms with Gasteiger partial charge in [-0.15, -0.1) is 11.3 Å². The van der Waals surface area contributed by atoms with Gasteiger partial charge in [0.2, 0.25) is 0 Å². The molecule has 2 amide bonds. The van der Waals surface area contributed by atoms with Crippen molar-refractivity contribution < 1.29 is 18.0 Å². The molecule has 6 nitrogen and oxygen atoms in total. The van der Waals surface area contributed by atoms with Crippen LogP contribution in [0.3, 0.4) is 0 Å². The highest BCUT2D eigenvalue weighted by molar-refractivity contribution is 7.91. The topological polar surface area (TPSA) is 92.3 Å². The molecule has 1 fully saturated rings. The van der Waals surface area contributed by atoms with Crippen LogP contribution in [0, 0.1) is 5.92 Å². The van der Waals surface area contributed by atoms with E-state index in [1.165, 1.54) is 11.3 Å². The molecule has 0 spiro atoms. The summed E-state index contributed by atoms with van der Waals surface area (Å²) in [6.07, 6.45) is 3.09. The van der Waals surface area contributed by atoms with Crippen LogP contribution in [0.4, 0.5) is 5.00 Å². The van der Waals surface area contributed by atoms with Crippen molar-refractivity contribution >= 4 is 38.0 Å². The fourth-order valence-corrected chi connectivity index (χ4v) is 7.62. The van der Waals surface area contributed by atoms with Crippen LogP contribution >= 0.6 is 11.3 Å². The third-order valence-corrected chi connectivity index (χ3v) is 9.48. The van der Waals surface area contributed by atoms with E-state index in [0.717, 1.165) is 35.3 Å². The SMILES string of the molecule is CC1CCc2c(sc(NC(=O)c3ccc(C(C)(C)C)cc3)c2C(=O)NC2CCS(=O)(=O)C2)C1. The molecule has 1 aromatic carbocycles. The quantitative estimate of drug-likeness (QED) is 0.670. The molecule has 1 aromatic heterocycles. The number of hydrogen-bond donors (Lipinski definition) is 2. The van der Waals surface area contributed by atoms with Gasteiger partial charge in [-0.25, -0.2) is 8.42 Å². The summed E-state index contributed by atoms with van der Waals surface area (Å²) in [6.45, 7) is 8.57. The summed E-state index contributed by atoms with van der Waals surface area (Å²) in [5.74, 6) is 0.0672. The Morgan fingerprint density at radius 1 is 1.06 bits per heavy atom. The van der Waals surface area contributed by atoms with Crippen LogP contribution in [-0.2, 0) is 28.1 Å². The summed E-state index contributed by atoms with van der Waals surface area (Å²) in [7, 11) is -3.10. The van der Waals surface area contributed by atoms with Gasteiger partial charge in [-0.1, -0.05) is 39.8 Å². The molecular formula is C25H32N2O4S2. The van der Waals surface area contributed by atoms with E-state index in [1.807, 2.05) is 24.3 Å². The largest absolute Gasteiger partial charge is 0.348 e. The zero-order valence-corrected chi connectivity index (χ0v) is 21.3. The van der Waals surface area contributed by atoms with Crippen LogP contribution in [0.2, 0.25) is 0 Å². The monoisotopic (exact) mass is 488 g/mol.